The standard InChI is InChI=1S/C12H18N2S/c1-8(2)7-10-11(14-12(13)15-10)9-5-3-4-6-9/h5,8H,3-4,6-7H2,1-2H3,(H2,13,14). The summed E-state index contributed by atoms with van der Waals surface area (Å²) in [5.41, 5.74) is 8.40. The molecular weight excluding hydrogens is 204 g/mol. The van der Waals surface area contributed by atoms with Gasteiger partial charge in [0.1, 0.15) is 0 Å². The van der Waals surface area contributed by atoms with Crippen LogP contribution in [0.3, 0.4) is 0 Å². The summed E-state index contributed by atoms with van der Waals surface area (Å²) in [6.45, 7) is 4.48. The van der Waals surface area contributed by atoms with E-state index in [9.17, 15) is 0 Å². The third-order valence-corrected chi connectivity index (χ3v) is 3.56. The summed E-state index contributed by atoms with van der Waals surface area (Å²) in [6.07, 6.45) is 7.07. The third-order valence-electron chi connectivity index (χ3n) is 2.65. The van der Waals surface area contributed by atoms with Crippen LogP contribution in [0.5, 0.6) is 0 Å². The van der Waals surface area contributed by atoms with Gasteiger partial charge in [0.15, 0.2) is 5.13 Å². The highest BCUT2D eigenvalue weighted by Gasteiger charge is 2.16. The lowest BCUT2D eigenvalue weighted by Crippen LogP contribution is -1.95. The van der Waals surface area contributed by atoms with Crippen LogP contribution in [0.15, 0.2) is 6.08 Å². The quantitative estimate of drug-likeness (QED) is 0.850. The molecule has 0 atom stereocenters. The molecule has 1 heterocycles. The van der Waals surface area contributed by atoms with Gasteiger partial charge in [-0.2, -0.15) is 0 Å². The predicted molar refractivity (Wildman–Crippen MR) is 66.9 cm³/mol. The molecule has 3 heteroatoms. The van der Waals surface area contributed by atoms with E-state index in [4.69, 9.17) is 5.73 Å². The lowest BCUT2D eigenvalue weighted by molar-refractivity contribution is 0.652. The Kier molecular flexibility index (Phi) is 3.10. The molecule has 1 aromatic rings. The van der Waals surface area contributed by atoms with Crippen LogP contribution in [0.2, 0.25) is 0 Å². The molecular formula is C12H18N2S. The zero-order chi connectivity index (χ0) is 10.8. The molecule has 0 radical (unpaired) electrons. The van der Waals surface area contributed by atoms with E-state index in [1.54, 1.807) is 11.3 Å². The number of allylic oxidation sites excluding steroid dienone is 2. The Balaban J connectivity index is 2.28. The number of hydrogen-bond acceptors (Lipinski definition) is 3. The lowest BCUT2D eigenvalue weighted by atomic mass is 10.0. The largest absolute Gasteiger partial charge is 0.375 e. The van der Waals surface area contributed by atoms with Crippen molar-refractivity contribution in [1.29, 1.82) is 0 Å². The molecule has 82 valence electrons. The molecule has 2 nitrogen and oxygen atoms in total. The molecule has 0 bridgehead atoms. The Bertz CT molecular complexity index is 377. The summed E-state index contributed by atoms with van der Waals surface area (Å²) < 4.78 is 0. The summed E-state index contributed by atoms with van der Waals surface area (Å²) in [6, 6.07) is 0. The van der Waals surface area contributed by atoms with Crippen LogP contribution >= 0.6 is 11.3 Å². The predicted octanol–water partition coefficient (Wildman–Crippen LogP) is 3.49. The van der Waals surface area contributed by atoms with Crippen molar-refractivity contribution >= 4 is 22.0 Å². The number of thiazole rings is 1. The van der Waals surface area contributed by atoms with Crippen LogP contribution in [0.25, 0.3) is 5.57 Å². The fourth-order valence-electron chi connectivity index (χ4n) is 2.02. The molecule has 0 fully saturated rings. The summed E-state index contributed by atoms with van der Waals surface area (Å²) in [5, 5.41) is 0.716. The maximum Gasteiger partial charge on any atom is 0.180 e. The number of nitrogens with zero attached hydrogens (tertiary/aromatic N) is 1. The van der Waals surface area contributed by atoms with Crippen LogP contribution in [-0.2, 0) is 6.42 Å². The monoisotopic (exact) mass is 222 g/mol. The second-order valence-corrected chi connectivity index (χ2v) is 5.66. The van der Waals surface area contributed by atoms with E-state index < -0.39 is 0 Å². The van der Waals surface area contributed by atoms with Crippen LogP contribution < -0.4 is 5.73 Å². The summed E-state index contributed by atoms with van der Waals surface area (Å²) >= 11 is 1.66. The second-order valence-electron chi connectivity index (χ2n) is 4.54. The molecule has 0 unspecified atom stereocenters. The highest BCUT2D eigenvalue weighted by molar-refractivity contribution is 7.15. The fraction of sp³-hybridized carbons (Fsp3) is 0.583. The number of rotatable bonds is 3. The van der Waals surface area contributed by atoms with Crippen molar-refractivity contribution in [2.75, 3.05) is 5.73 Å². The summed E-state index contributed by atoms with van der Waals surface area (Å²) in [7, 11) is 0. The first kappa shape index (κ1) is 10.7. The first-order chi connectivity index (χ1) is 7.16. The SMILES string of the molecule is CC(C)Cc1sc(N)nc1C1=CCCC1. The van der Waals surface area contributed by atoms with Crippen molar-refractivity contribution in [2.24, 2.45) is 5.92 Å². The van der Waals surface area contributed by atoms with E-state index in [2.05, 4.69) is 24.9 Å². The molecule has 0 amide bonds. The molecule has 1 aromatic heterocycles. The van der Waals surface area contributed by atoms with Crippen molar-refractivity contribution in [3.8, 4) is 0 Å². The van der Waals surface area contributed by atoms with Gasteiger partial charge >= 0.3 is 0 Å². The maximum atomic E-state index is 5.80. The highest BCUT2D eigenvalue weighted by atomic mass is 32.1. The minimum atomic E-state index is 0.672. The number of nitrogen functional groups attached to an aromatic ring is 1. The van der Waals surface area contributed by atoms with E-state index >= 15 is 0 Å². The van der Waals surface area contributed by atoms with E-state index in [-0.39, 0.29) is 0 Å². The zero-order valence-electron chi connectivity index (χ0n) is 9.42. The average molecular weight is 222 g/mol. The van der Waals surface area contributed by atoms with E-state index in [1.165, 1.54) is 35.4 Å². The lowest BCUT2D eigenvalue weighted by Gasteiger charge is -2.05. The van der Waals surface area contributed by atoms with Gasteiger partial charge in [0.25, 0.3) is 0 Å². The molecule has 1 aliphatic carbocycles. The van der Waals surface area contributed by atoms with Crippen molar-refractivity contribution in [3.63, 3.8) is 0 Å². The van der Waals surface area contributed by atoms with Gasteiger partial charge in [0.2, 0.25) is 0 Å². The zero-order valence-corrected chi connectivity index (χ0v) is 10.2. The number of aromatic nitrogens is 1. The Morgan fingerprint density at radius 2 is 2.33 bits per heavy atom. The van der Waals surface area contributed by atoms with Gasteiger partial charge in [0, 0.05) is 4.88 Å². The molecule has 0 aliphatic heterocycles. The number of hydrogen-bond donors (Lipinski definition) is 1. The van der Waals surface area contributed by atoms with Crippen LogP contribution in [0.1, 0.15) is 43.7 Å². The van der Waals surface area contributed by atoms with Gasteiger partial charge in [-0.3, -0.25) is 0 Å². The maximum absolute atomic E-state index is 5.80. The van der Waals surface area contributed by atoms with Crippen molar-refractivity contribution in [1.82, 2.24) is 4.98 Å². The summed E-state index contributed by atoms with van der Waals surface area (Å²) in [4.78, 5) is 5.84. The molecule has 2 rings (SSSR count). The summed E-state index contributed by atoms with van der Waals surface area (Å²) in [5.74, 6) is 0.672. The van der Waals surface area contributed by atoms with Crippen molar-refractivity contribution in [3.05, 3.63) is 16.6 Å². The number of nitrogens with two attached hydrogens (primary N) is 1. The van der Waals surface area contributed by atoms with E-state index in [1.807, 2.05) is 0 Å². The average Bonchev–Trinajstić information content (AvgIpc) is 2.72. The highest BCUT2D eigenvalue weighted by Crippen LogP contribution is 2.34. The van der Waals surface area contributed by atoms with E-state index in [0.29, 0.717) is 11.0 Å². The Morgan fingerprint density at radius 3 is 2.93 bits per heavy atom. The number of anilines is 1. The van der Waals surface area contributed by atoms with Gasteiger partial charge in [0.05, 0.1) is 5.69 Å². The molecule has 0 saturated carbocycles. The van der Waals surface area contributed by atoms with Gasteiger partial charge in [-0.15, -0.1) is 11.3 Å². The normalized spacial score (nSPS) is 16.1. The molecule has 0 spiro atoms. The topological polar surface area (TPSA) is 38.9 Å². The van der Waals surface area contributed by atoms with E-state index in [0.717, 1.165) is 6.42 Å². The van der Waals surface area contributed by atoms with Gasteiger partial charge in [-0.1, -0.05) is 19.9 Å². The minimum absolute atomic E-state index is 0.672. The smallest absolute Gasteiger partial charge is 0.180 e. The first-order valence-corrected chi connectivity index (χ1v) is 6.43. The molecule has 1 aliphatic rings. The van der Waals surface area contributed by atoms with Crippen LogP contribution in [0, 0.1) is 5.92 Å². The van der Waals surface area contributed by atoms with Crippen LogP contribution in [0.4, 0.5) is 5.13 Å². The Labute approximate surface area is 95.2 Å². The van der Waals surface area contributed by atoms with Gasteiger partial charge < -0.3 is 5.73 Å². The van der Waals surface area contributed by atoms with Gasteiger partial charge in [-0.25, -0.2) is 4.98 Å². The van der Waals surface area contributed by atoms with Crippen LogP contribution in [-0.4, -0.2) is 4.98 Å². The van der Waals surface area contributed by atoms with Crippen molar-refractivity contribution < 1.29 is 0 Å². The Morgan fingerprint density at radius 1 is 1.53 bits per heavy atom. The minimum Gasteiger partial charge on any atom is -0.375 e. The third kappa shape index (κ3) is 2.40. The molecule has 2 N–H and O–H groups in total. The molecule has 15 heavy (non-hydrogen) atoms. The Hall–Kier alpha value is -0.830. The fourth-order valence-corrected chi connectivity index (χ4v) is 3.10. The molecule has 0 aromatic carbocycles. The first-order valence-electron chi connectivity index (χ1n) is 5.61. The van der Waals surface area contributed by atoms with Gasteiger partial charge in [-0.05, 0) is 37.2 Å². The van der Waals surface area contributed by atoms with Crippen molar-refractivity contribution in [2.45, 2.75) is 39.5 Å². The second kappa shape index (κ2) is 4.35. The molecule has 0 saturated heterocycles.